The van der Waals surface area contributed by atoms with Crippen molar-refractivity contribution in [2.75, 3.05) is 6.54 Å². The van der Waals surface area contributed by atoms with Gasteiger partial charge in [-0.1, -0.05) is 26.7 Å². The predicted octanol–water partition coefficient (Wildman–Crippen LogP) is 2.68. The van der Waals surface area contributed by atoms with Crippen LogP contribution in [-0.4, -0.2) is 11.6 Å². The topological polar surface area (TPSA) is 49.9 Å². The van der Waals surface area contributed by atoms with Crippen LogP contribution >= 0.6 is 12.6 Å². The Bertz CT molecular complexity index is 148. The highest BCUT2D eigenvalue weighted by atomic mass is 32.1. The van der Waals surface area contributed by atoms with Gasteiger partial charge in [-0.15, -0.1) is 12.6 Å². The van der Waals surface area contributed by atoms with Gasteiger partial charge in [-0.3, -0.25) is 5.41 Å². The lowest BCUT2D eigenvalue weighted by molar-refractivity contribution is 0.407. The van der Waals surface area contributed by atoms with Crippen molar-refractivity contribution in [1.82, 2.24) is 0 Å². The van der Waals surface area contributed by atoms with E-state index < -0.39 is 0 Å². The molecule has 0 bridgehead atoms. The number of hydrogen-bond donors (Lipinski definition) is 3. The summed E-state index contributed by atoms with van der Waals surface area (Å²) >= 11 is 4.14. The minimum Gasteiger partial charge on any atom is -0.330 e. The molecule has 2 nitrogen and oxygen atoms in total. The molecule has 0 radical (unpaired) electrons. The van der Waals surface area contributed by atoms with E-state index in [0.29, 0.717) is 16.9 Å². The Hall–Kier alpha value is -0.0200. The average molecular weight is 202 g/mol. The molecule has 0 aromatic rings. The maximum Gasteiger partial charge on any atom is 0.0644 e. The second-order valence-corrected chi connectivity index (χ2v) is 4.14. The Morgan fingerprint density at radius 1 is 1.46 bits per heavy atom. The fraction of sp³-hybridized carbons (Fsp3) is 0.900. The van der Waals surface area contributed by atoms with E-state index in [0.717, 1.165) is 32.2 Å². The third kappa shape index (κ3) is 5.32. The lowest BCUT2D eigenvalue weighted by atomic mass is 9.88. The van der Waals surface area contributed by atoms with Crippen LogP contribution in [0.25, 0.3) is 0 Å². The summed E-state index contributed by atoms with van der Waals surface area (Å²) < 4.78 is 0. The van der Waals surface area contributed by atoms with Gasteiger partial charge in [-0.2, -0.15) is 0 Å². The second-order valence-electron chi connectivity index (χ2n) is 3.66. The highest BCUT2D eigenvalue weighted by Gasteiger charge is 2.17. The molecule has 2 atom stereocenters. The quantitative estimate of drug-likeness (QED) is 0.253. The summed E-state index contributed by atoms with van der Waals surface area (Å²) in [6.07, 6.45) is 4.37. The Kier molecular flexibility index (Phi) is 7.38. The minimum absolute atomic E-state index is 0.347. The van der Waals surface area contributed by atoms with E-state index in [1.54, 1.807) is 0 Å². The molecule has 0 aliphatic heterocycles. The van der Waals surface area contributed by atoms with Gasteiger partial charge >= 0.3 is 0 Å². The van der Waals surface area contributed by atoms with Crippen molar-refractivity contribution in [3.05, 3.63) is 0 Å². The molecule has 0 saturated carbocycles. The highest BCUT2D eigenvalue weighted by Crippen LogP contribution is 2.23. The summed E-state index contributed by atoms with van der Waals surface area (Å²) in [5.74, 6) is 0.919. The van der Waals surface area contributed by atoms with E-state index >= 15 is 0 Å². The summed E-state index contributed by atoms with van der Waals surface area (Å²) in [4.78, 5) is 0. The van der Waals surface area contributed by atoms with Gasteiger partial charge in [0.25, 0.3) is 0 Å². The van der Waals surface area contributed by atoms with Gasteiger partial charge in [0.05, 0.1) is 5.04 Å². The van der Waals surface area contributed by atoms with Crippen LogP contribution in [0.4, 0.5) is 0 Å². The van der Waals surface area contributed by atoms with Crippen molar-refractivity contribution in [2.45, 2.75) is 39.5 Å². The molecule has 0 amide bonds. The lowest BCUT2D eigenvalue weighted by Gasteiger charge is -2.21. The zero-order valence-electron chi connectivity index (χ0n) is 8.71. The van der Waals surface area contributed by atoms with E-state index in [2.05, 4.69) is 26.5 Å². The molecular formula is C10H22N2S. The molecule has 13 heavy (non-hydrogen) atoms. The maximum absolute atomic E-state index is 7.55. The van der Waals surface area contributed by atoms with Gasteiger partial charge in [0.2, 0.25) is 0 Å². The van der Waals surface area contributed by atoms with E-state index in [1.807, 2.05) is 0 Å². The molecule has 3 N–H and O–H groups in total. The first-order chi connectivity index (χ1) is 6.13. The van der Waals surface area contributed by atoms with E-state index in [-0.39, 0.29) is 0 Å². The maximum atomic E-state index is 7.55. The third-order valence-corrected chi connectivity index (χ3v) is 2.98. The number of rotatable bonds is 7. The molecular weight excluding hydrogens is 180 g/mol. The molecule has 0 aromatic heterocycles. The first kappa shape index (κ1) is 13.0. The van der Waals surface area contributed by atoms with Crippen molar-refractivity contribution >= 4 is 17.7 Å². The van der Waals surface area contributed by atoms with Crippen LogP contribution in [0.1, 0.15) is 39.5 Å². The van der Waals surface area contributed by atoms with Crippen LogP contribution < -0.4 is 5.73 Å². The van der Waals surface area contributed by atoms with Crippen molar-refractivity contribution in [1.29, 1.82) is 5.41 Å². The third-order valence-electron chi connectivity index (χ3n) is 2.65. The lowest BCUT2D eigenvalue weighted by Crippen LogP contribution is -2.17. The fourth-order valence-electron chi connectivity index (χ4n) is 1.48. The molecule has 0 aliphatic carbocycles. The molecule has 0 heterocycles. The Morgan fingerprint density at radius 2 is 2.08 bits per heavy atom. The summed E-state index contributed by atoms with van der Waals surface area (Å²) in [5, 5.41) is 8.09. The summed E-state index contributed by atoms with van der Waals surface area (Å²) in [5.41, 5.74) is 5.43. The first-order valence-corrected chi connectivity index (χ1v) is 5.55. The normalized spacial score (nSPS) is 15.4. The number of nitrogens with two attached hydrogens (primary N) is 1. The zero-order chi connectivity index (χ0) is 10.3. The molecule has 3 heteroatoms. The van der Waals surface area contributed by atoms with Crippen LogP contribution in [0.2, 0.25) is 0 Å². The SMILES string of the molecule is CCC(C)C(CCCCN)C(=N)S. The Balaban J connectivity index is 3.88. The van der Waals surface area contributed by atoms with Crippen LogP contribution in [0, 0.1) is 17.2 Å². The summed E-state index contributed by atoms with van der Waals surface area (Å²) in [7, 11) is 0. The summed E-state index contributed by atoms with van der Waals surface area (Å²) in [6, 6.07) is 0. The van der Waals surface area contributed by atoms with Crippen molar-refractivity contribution in [2.24, 2.45) is 17.6 Å². The van der Waals surface area contributed by atoms with Crippen molar-refractivity contribution < 1.29 is 0 Å². The molecule has 0 spiro atoms. The minimum atomic E-state index is 0.347. The summed E-state index contributed by atoms with van der Waals surface area (Å²) in [6.45, 7) is 5.11. The van der Waals surface area contributed by atoms with Gasteiger partial charge in [-0.05, 0) is 25.3 Å². The molecule has 0 saturated heterocycles. The second kappa shape index (κ2) is 7.39. The number of unbranched alkanes of at least 4 members (excludes halogenated alkanes) is 1. The van der Waals surface area contributed by atoms with Gasteiger partial charge in [0, 0.05) is 5.92 Å². The van der Waals surface area contributed by atoms with Gasteiger partial charge in [0.1, 0.15) is 0 Å². The average Bonchev–Trinajstić information content (AvgIpc) is 2.11. The Labute approximate surface area is 87.2 Å². The van der Waals surface area contributed by atoms with E-state index in [4.69, 9.17) is 11.1 Å². The van der Waals surface area contributed by atoms with Crippen molar-refractivity contribution in [3.8, 4) is 0 Å². The molecule has 0 fully saturated rings. The van der Waals surface area contributed by atoms with Crippen LogP contribution in [0.15, 0.2) is 0 Å². The van der Waals surface area contributed by atoms with E-state index in [1.165, 1.54) is 0 Å². The Morgan fingerprint density at radius 3 is 2.46 bits per heavy atom. The van der Waals surface area contributed by atoms with Crippen LogP contribution in [0.3, 0.4) is 0 Å². The predicted molar refractivity (Wildman–Crippen MR) is 62.6 cm³/mol. The monoisotopic (exact) mass is 202 g/mol. The van der Waals surface area contributed by atoms with Gasteiger partial charge in [0.15, 0.2) is 0 Å². The fourth-order valence-corrected chi connectivity index (χ4v) is 1.87. The van der Waals surface area contributed by atoms with Crippen LogP contribution in [-0.2, 0) is 0 Å². The molecule has 0 aromatic carbocycles. The zero-order valence-corrected chi connectivity index (χ0v) is 9.61. The number of thiol groups is 1. The van der Waals surface area contributed by atoms with Gasteiger partial charge < -0.3 is 5.73 Å². The molecule has 0 aliphatic rings. The number of nitrogens with one attached hydrogen (secondary N) is 1. The smallest absolute Gasteiger partial charge is 0.0644 e. The largest absolute Gasteiger partial charge is 0.330 e. The first-order valence-electron chi connectivity index (χ1n) is 5.10. The standard InChI is InChI=1S/C10H22N2S/c1-3-8(2)9(10(12)13)6-4-5-7-11/h8-9H,3-7,11H2,1-2H3,(H2,12,13). The molecule has 78 valence electrons. The highest BCUT2D eigenvalue weighted by molar-refractivity contribution is 7.96. The van der Waals surface area contributed by atoms with Gasteiger partial charge in [-0.25, -0.2) is 0 Å². The molecule has 0 rings (SSSR count). The van der Waals surface area contributed by atoms with E-state index in [9.17, 15) is 0 Å². The number of hydrogen-bond acceptors (Lipinski definition) is 2. The van der Waals surface area contributed by atoms with Crippen LogP contribution in [0.5, 0.6) is 0 Å². The van der Waals surface area contributed by atoms with Crippen molar-refractivity contribution in [3.63, 3.8) is 0 Å². The molecule has 2 unspecified atom stereocenters.